The molecule has 0 unspecified atom stereocenters. The zero-order chi connectivity index (χ0) is 5.82. The maximum Gasteiger partial charge on any atom is 0.160 e. The van der Waals surface area contributed by atoms with Crippen LogP contribution in [-0.2, 0) is 9.53 Å². The highest BCUT2D eigenvalue weighted by molar-refractivity contribution is 5.56. The predicted molar refractivity (Wildman–Crippen MR) is 29.3 cm³/mol. The highest BCUT2D eigenvalue weighted by atomic mass is 16.5. The van der Waals surface area contributed by atoms with Crippen LogP contribution in [-0.4, -0.2) is 12.4 Å². The van der Waals surface area contributed by atoms with Crippen LogP contribution in [0.2, 0.25) is 0 Å². The second kappa shape index (κ2) is 2.50. The molecule has 44 valence electrons. The van der Waals surface area contributed by atoms with Crippen LogP contribution < -0.4 is 0 Å². The number of hydrogen-bond donors (Lipinski definition) is 0. The van der Waals surface area contributed by atoms with E-state index in [0.29, 0.717) is 0 Å². The van der Waals surface area contributed by atoms with Gasteiger partial charge in [-0.2, -0.15) is 0 Å². The van der Waals surface area contributed by atoms with Gasteiger partial charge in [-0.3, -0.25) is 4.79 Å². The Morgan fingerprint density at radius 1 is 1.75 bits per heavy atom. The Morgan fingerprint density at radius 2 is 2.62 bits per heavy atom. The van der Waals surface area contributed by atoms with Crippen molar-refractivity contribution in [2.75, 3.05) is 0 Å². The molecule has 8 heavy (non-hydrogen) atoms. The van der Waals surface area contributed by atoms with Gasteiger partial charge in [0.2, 0.25) is 0 Å². The highest BCUT2D eigenvalue weighted by Gasteiger charge is 2.06. The maximum atomic E-state index is 10.0. The first kappa shape index (κ1) is 5.35. The van der Waals surface area contributed by atoms with E-state index in [4.69, 9.17) is 4.74 Å². The van der Waals surface area contributed by atoms with Gasteiger partial charge in [-0.1, -0.05) is 0 Å². The monoisotopic (exact) mass is 112 g/mol. The molecule has 0 aromatic heterocycles. The van der Waals surface area contributed by atoms with E-state index >= 15 is 0 Å². The highest BCUT2D eigenvalue weighted by Crippen LogP contribution is 2.06. The molecule has 1 heterocycles. The van der Waals surface area contributed by atoms with Crippen LogP contribution in [0.25, 0.3) is 0 Å². The van der Waals surface area contributed by atoms with E-state index in [0.717, 1.165) is 19.1 Å². The van der Waals surface area contributed by atoms with Crippen LogP contribution in [0.5, 0.6) is 0 Å². The Morgan fingerprint density at radius 3 is 3.00 bits per heavy atom. The summed E-state index contributed by atoms with van der Waals surface area (Å²) in [5.41, 5.74) is 0. The Bertz CT molecular complexity index is 107. The molecule has 0 saturated heterocycles. The van der Waals surface area contributed by atoms with Gasteiger partial charge in [0.1, 0.15) is 0 Å². The van der Waals surface area contributed by atoms with Crippen molar-refractivity contribution in [2.45, 2.75) is 18.9 Å². The topological polar surface area (TPSA) is 26.3 Å². The molecule has 0 saturated carbocycles. The Hall–Kier alpha value is -0.790. The third-order valence-corrected chi connectivity index (χ3v) is 1.12. The van der Waals surface area contributed by atoms with Gasteiger partial charge >= 0.3 is 0 Å². The SMILES string of the molecule is O=C[C@@H]1CCC=CO1. The average Bonchev–Trinajstić information content (AvgIpc) is 1.90. The fourth-order valence-corrected chi connectivity index (χ4v) is 0.653. The molecule has 0 aromatic rings. The summed E-state index contributed by atoms with van der Waals surface area (Å²) < 4.78 is 4.88. The van der Waals surface area contributed by atoms with Crippen molar-refractivity contribution in [2.24, 2.45) is 0 Å². The number of aldehydes is 1. The van der Waals surface area contributed by atoms with Crippen molar-refractivity contribution in [1.29, 1.82) is 0 Å². The molecule has 0 N–H and O–H groups in total. The van der Waals surface area contributed by atoms with Crippen molar-refractivity contribution >= 4 is 6.29 Å². The molecule has 2 nitrogen and oxygen atoms in total. The summed E-state index contributed by atoms with van der Waals surface area (Å²) in [6.07, 6.45) is 5.95. The van der Waals surface area contributed by atoms with Gasteiger partial charge < -0.3 is 4.74 Å². The second-order valence-electron chi connectivity index (χ2n) is 1.76. The van der Waals surface area contributed by atoms with Gasteiger partial charge in [0.05, 0.1) is 6.26 Å². The molecule has 1 aliphatic heterocycles. The standard InChI is InChI=1S/C6H8O2/c7-5-6-3-1-2-4-8-6/h2,4-6H,1,3H2/t6-/m0/s1. The second-order valence-corrected chi connectivity index (χ2v) is 1.76. The number of ether oxygens (including phenoxy) is 1. The van der Waals surface area contributed by atoms with Crippen molar-refractivity contribution < 1.29 is 9.53 Å². The minimum atomic E-state index is -0.181. The number of allylic oxidation sites excluding steroid dienone is 1. The lowest BCUT2D eigenvalue weighted by Crippen LogP contribution is -2.12. The van der Waals surface area contributed by atoms with Crippen LogP contribution in [0.4, 0.5) is 0 Å². The summed E-state index contributed by atoms with van der Waals surface area (Å²) in [6, 6.07) is 0. The van der Waals surface area contributed by atoms with E-state index < -0.39 is 0 Å². The van der Waals surface area contributed by atoms with E-state index in [-0.39, 0.29) is 6.10 Å². The Kier molecular flexibility index (Phi) is 1.67. The predicted octanol–water partition coefficient (Wildman–Crippen LogP) is 0.878. The lowest BCUT2D eigenvalue weighted by molar-refractivity contribution is -0.115. The van der Waals surface area contributed by atoms with Crippen molar-refractivity contribution in [3.05, 3.63) is 12.3 Å². The van der Waals surface area contributed by atoms with Gasteiger partial charge in [0.15, 0.2) is 12.4 Å². The summed E-state index contributed by atoms with van der Waals surface area (Å²) >= 11 is 0. The van der Waals surface area contributed by atoms with E-state index in [9.17, 15) is 4.79 Å². The zero-order valence-corrected chi connectivity index (χ0v) is 4.54. The van der Waals surface area contributed by atoms with Crippen LogP contribution in [0.1, 0.15) is 12.8 Å². The Balaban J connectivity index is 2.37. The average molecular weight is 112 g/mol. The fraction of sp³-hybridized carbons (Fsp3) is 0.500. The fourth-order valence-electron chi connectivity index (χ4n) is 0.653. The summed E-state index contributed by atoms with van der Waals surface area (Å²) in [4.78, 5) is 10.0. The summed E-state index contributed by atoms with van der Waals surface area (Å²) in [5.74, 6) is 0. The summed E-state index contributed by atoms with van der Waals surface area (Å²) in [6.45, 7) is 0. The number of carbonyl (C=O) groups excluding carboxylic acids is 1. The first-order valence-electron chi connectivity index (χ1n) is 2.69. The van der Waals surface area contributed by atoms with Crippen molar-refractivity contribution in [3.8, 4) is 0 Å². The zero-order valence-electron chi connectivity index (χ0n) is 4.54. The van der Waals surface area contributed by atoms with Gasteiger partial charge in [-0.25, -0.2) is 0 Å². The van der Waals surface area contributed by atoms with Crippen LogP contribution in [0, 0.1) is 0 Å². The number of hydrogen-bond acceptors (Lipinski definition) is 2. The molecule has 2 heteroatoms. The smallest absolute Gasteiger partial charge is 0.160 e. The lowest BCUT2D eigenvalue weighted by atomic mass is 10.2. The minimum Gasteiger partial charge on any atom is -0.491 e. The molecule has 0 aliphatic carbocycles. The van der Waals surface area contributed by atoms with E-state index in [2.05, 4.69) is 0 Å². The van der Waals surface area contributed by atoms with Gasteiger partial charge in [0, 0.05) is 0 Å². The molecule has 0 radical (unpaired) electrons. The third-order valence-electron chi connectivity index (χ3n) is 1.12. The number of rotatable bonds is 1. The first-order valence-corrected chi connectivity index (χ1v) is 2.69. The van der Waals surface area contributed by atoms with E-state index in [1.807, 2.05) is 6.08 Å². The maximum absolute atomic E-state index is 10.0. The molecule has 1 atom stereocenters. The molecule has 0 spiro atoms. The first-order chi connectivity index (χ1) is 3.93. The van der Waals surface area contributed by atoms with E-state index in [1.54, 1.807) is 6.26 Å². The molecule has 0 bridgehead atoms. The number of carbonyl (C=O) groups is 1. The Labute approximate surface area is 48.1 Å². The van der Waals surface area contributed by atoms with Crippen LogP contribution in [0.15, 0.2) is 12.3 Å². The molecule has 0 aromatic carbocycles. The lowest BCUT2D eigenvalue weighted by Gasteiger charge is -2.11. The molecular formula is C6H8O2. The molecule has 1 aliphatic rings. The van der Waals surface area contributed by atoms with Crippen LogP contribution in [0.3, 0.4) is 0 Å². The van der Waals surface area contributed by atoms with Gasteiger partial charge in [-0.15, -0.1) is 0 Å². The van der Waals surface area contributed by atoms with Crippen LogP contribution >= 0.6 is 0 Å². The molecular weight excluding hydrogens is 104 g/mol. The molecule has 1 rings (SSSR count). The van der Waals surface area contributed by atoms with Crippen molar-refractivity contribution in [3.63, 3.8) is 0 Å². The largest absolute Gasteiger partial charge is 0.491 e. The summed E-state index contributed by atoms with van der Waals surface area (Å²) in [5, 5.41) is 0. The third kappa shape index (κ3) is 1.09. The minimum absolute atomic E-state index is 0.181. The van der Waals surface area contributed by atoms with E-state index in [1.165, 1.54) is 0 Å². The van der Waals surface area contributed by atoms with Gasteiger partial charge in [0.25, 0.3) is 0 Å². The van der Waals surface area contributed by atoms with Crippen molar-refractivity contribution in [1.82, 2.24) is 0 Å². The quantitative estimate of drug-likeness (QED) is 0.470. The van der Waals surface area contributed by atoms with Gasteiger partial charge in [-0.05, 0) is 18.9 Å². The normalized spacial score (nSPS) is 26.8. The molecule has 0 amide bonds. The summed E-state index contributed by atoms with van der Waals surface area (Å²) in [7, 11) is 0. The molecule has 0 fully saturated rings.